The van der Waals surface area contributed by atoms with Crippen molar-refractivity contribution in [3.8, 4) is 0 Å². The summed E-state index contributed by atoms with van der Waals surface area (Å²) in [7, 11) is 0. The lowest BCUT2D eigenvalue weighted by Gasteiger charge is -2.16. The Labute approximate surface area is 88.5 Å². The van der Waals surface area contributed by atoms with E-state index < -0.39 is 12.5 Å². The van der Waals surface area contributed by atoms with E-state index >= 15 is 0 Å². The molecule has 0 aliphatic heterocycles. The first kappa shape index (κ1) is 12.1. The molecule has 0 saturated carbocycles. The van der Waals surface area contributed by atoms with Crippen LogP contribution in [0.25, 0.3) is 0 Å². The molecule has 84 valence electrons. The van der Waals surface area contributed by atoms with Gasteiger partial charge in [-0.1, -0.05) is 30.3 Å². The third kappa shape index (κ3) is 4.36. The van der Waals surface area contributed by atoms with Gasteiger partial charge in [0, 0.05) is 6.54 Å². The van der Waals surface area contributed by atoms with Crippen LogP contribution in [0.4, 0.5) is 8.78 Å². The molecule has 0 saturated heterocycles. The quantitative estimate of drug-likeness (QED) is 0.757. The molecule has 0 heterocycles. The van der Waals surface area contributed by atoms with Gasteiger partial charge in [-0.05, 0) is 18.5 Å². The van der Waals surface area contributed by atoms with E-state index in [-0.39, 0.29) is 6.54 Å². The van der Waals surface area contributed by atoms with Crippen LogP contribution in [0.2, 0.25) is 0 Å². The molecule has 0 bridgehead atoms. The van der Waals surface area contributed by atoms with Gasteiger partial charge in [0.2, 0.25) is 0 Å². The maximum Gasteiger partial charge on any atom is 0.253 e. The van der Waals surface area contributed by atoms with Gasteiger partial charge in [-0.3, -0.25) is 0 Å². The molecular formula is C11H16F2N2. The zero-order valence-electron chi connectivity index (χ0n) is 8.50. The minimum atomic E-state index is -2.36. The van der Waals surface area contributed by atoms with Crippen LogP contribution in [0.1, 0.15) is 12.0 Å². The summed E-state index contributed by atoms with van der Waals surface area (Å²) in [5.41, 5.74) is 6.26. The summed E-state index contributed by atoms with van der Waals surface area (Å²) >= 11 is 0. The first-order valence-corrected chi connectivity index (χ1v) is 4.99. The van der Waals surface area contributed by atoms with Crippen molar-refractivity contribution < 1.29 is 8.78 Å². The van der Waals surface area contributed by atoms with Crippen molar-refractivity contribution in [2.45, 2.75) is 25.4 Å². The first-order valence-electron chi connectivity index (χ1n) is 4.99. The molecule has 2 nitrogen and oxygen atoms in total. The fraction of sp³-hybridized carbons (Fsp3) is 0.455. The van der Waals surface area contributed by atoms with Crippen LogP contribution in [0.3, 0.4) is 0 Å². The van der Waals surface area contributed by atoms with E-state index in [9.17, 15) is 8.78 Å². The van der Waals surface area contributed by atoms with Gasteiger partial charge >= 0.3 is 0 Å². The van der Waals surface area contributed by atoms with Crippen molar-refractivity contribution in [1.82, 2.24) is 5.32 Å². The van der Waals surface area contributed by atoms with E-state index in [0.29, 0.717) is 13.0 Å². The largest absolute Gasteiger partial charge is 0.330 e. The summed E-state index contributed by atoms with van der Waals surface area (Å²) in [6.45, 7) is 0.729. The number of nitrogens with one attached hydrogen (secondary N) is 1. The molecule has 1 unspecified atom stereocenters. The molecule has 0 aliphatic carbocycles. The Balaban J connectivity index is 2.40. The zero-order valence-corrected chi connectivity index (χ0v) is 8.50. The molecule has 0 amide bonds. The average Bonchev–Trinajstić information content (AvgIpc) is 2.25. The second kappa shape index (κ2) is 6.48. The second-order valence-electron chi connectivity index (χ2n) is 3.38. The van der Waals surface area contributed by atoms with Crippen molar-refractivity contribution in [1.29, 1.82) is 0 Å². The van der Waals surface area contributed by atoms with Gasteiger partial charge in [0.1, 0.15) is 0 Å². The first-order chi connectivity index (χ1) is 7.24. The Morgan fingerprint density at radius 2 is 1.87 bits per heavy atom. The van der Waals surface area contributed by atoms with Crippen LogP contribution in [-0.2, 0) is 6.54 Å². The molecule has 1 aromatic rings. The highest BCUT2D eigenvalue weighted by atomic mass is 19.3. The lowest BCUT2D eigenvalue weighted by atomic mass is 10.2. The number of alkyl halides is 2. The predicted molar refractivity (Wildman–Crippen MR) is 56.7 cm³/mol. The molecule has 4 heteroatoms. The molecule has 0 fully saturated rings. The van der Waals surface area contributed by atoms with Gasteiger partial charge < -0.3 is 11.1 Å². The van der Waals surface area contributed by atoms with Crippen LogP contribution in [0, 0.1) is 0 Å². The highest BCUT2D eigenvalue weighted by Gasteiger charge is 2.18. The van der Waals surface area contributed by atoms with Gasteiger partial charge in [-0.15, -0.1) is 0 Å². The topological polar surface area (TPSA) is 38.0 Å². The summed E-state index contributed by atoms with van der Waals surface area (Å²) < 4.78 is 24.9. The van der Waals surface area contributed by atoms with Crippen LogP contribution in [0.15, 0.2) is 30.3 Å². The van der Waals surface area contributed by atoms with E-state index in [0.717, 1.165) is 5.56 Å². The summed E-state index contributed by atoms with van der Waals surface area (Å²) in [6.07, 6.45) is -2.07. The lowest BCUT2D eigenvalue weighted by molar-refractivity contribution is 0.0943. The van der Waals surface area contributed by atoms with Crippen molar-refractivity contribution in [2.75, 3.05) is 6.54 Å². The molecular weight excluding hydrogens is 198 g/mol. The molecule has 1 atom stereocenters. The van der Waals surface area contributed by atoms with Gasteiger partial charge in [-0.25, -0.2) is 8.78 Å². The fourth-order valence-corrected chi connectivity index (χ4v) is 1.34. The van der Waals surface area contributed by atoms with Crippen molar-refractivity contribution in [2.24, 2.45) is 5.73 Å². The smallest absolute Gasteiger partial charge is 0.253 e. The molecule has 0 spiro atoms. The minimum Gasteiger partial charge on any atom is -0.330 e. The van der Waals surface area contributed by atoms with Crippen LogP contribution < -0.4 is 11.1 Å². The van der Waals surface area contributed by atoms with E-state index in [2.05, 4.69) is 5.32 Å². The Kier molecular flexibility index (Phi) is 5.21. The van der Waals surface area contributed by atoms with E-state index in [1.807, 2.05) is 30.3 Å². The number of benzene rings is 1. The third-order valence-corrected chi connectivity index (χ3v) is 2.19. The lowest BCUT2D eigenvalue weighted by Crippen LogP contribution is -2.36. The van der Waals surface area contributed by atoms with Crippen molar-refractivity contribution in [3.63, 3.8) is 0 Å². The summed E-state index contributed by atoms with van der Waals surface area (Å²) in [4.78, 5) is 0. The Morgan fingerprint density at radius 3 is 2.40 bits per heavy atom. The number of nitrogens with two attached hydrogens (primary N) is 1. The summed E-state index contributed by atoms with van der Waals surface area (Å²) in [5.74, 6) is 0. The normalized spacial score (nSPS) is 13.1. The average molecular weight is 214 g/mol. The summed E-state index contributed by atoms with van der Waals surface area (Å²) in [5, 5.41) is 2.81. The van der Waals surface area contributed by atoms with Crippen molar-refractivity contribution >= 4 is 0 Å². The molecule has 0 aromatic heterocycles. The predicted octanol–water partition coefficient (Wildman–Crippen LogP) is 1.76. The van der Waals surface area contributed by atoms with Gasteiger partial charge in [0.05, 0.1) is 6.04 Å². The minimum absolute atomic E-state index is 0.275. The molecule has 1 rings (SSSR count). The van der Waals surface area contributed by atoms with Gasteiger partial charge in [0.25, 0.3) is 6.43 Å². The number of hydrogen-bond donors (Lipinski definition) is 2. The van der Waals surface area contributed by atoms with Crippen molar-refractivity contribution in [3.05, 3.63) is 35.9 Å². The SMILES string of the molecule is NCCC(NCc1ccccc1)C(F)F. The highest BCUT2D eigenvalue weighted by Crippen LogP contribution is 2.06. The molecule has 15 heavy (non-hydrogen) atoms. The maximum atomic E-state index is 12.5. The second-order valence-corrected chi connectivity index (χ2v) is 3.38. The van der Waals surface area contributed by atoms with E-state index in [4.69, 9.17) is 5.73 Å². The van der Waals surface area contributed by atoms with Crippen LogP contribution in [-0.4, -0.2) is 19.0 Å². The molecule has 0 radical (unpaired) electrons. The standard InChI is InChI=1S/C11H16F2N2/c12-11(13)10(6-7-14)15-8-9-4-2-1-3-5-9/h1-5,10-11,15H,6-8,14H2. The van der Waals surface area contributed by atoms with Crippen LogP contribution >= 0.6 is 0 Å². The monoisotopic (exact) mass is 214 g/mol. The molecule has 1 aromatic carbocycles. The Hall–Kier alpha value is -1.00. The zero-order chi connectivity index (χ0) is 11.1. The summed E-state index contributed by atoms with van der Waals surface area (Å²) in [6, 6.07) is 8.66. The van der Waals surface area contributed by atoms with Gasteiger partial charge in [-0.2, -0.15) is 0 Å². The maximum absolute atomic E-state index is 12.5. The highest BCUT2D eigenvalue weighted by molar-refractivity contribution is 5.14. The number of hydrogen-bond acceptors (Lipinski definition) is 2. The molecule has 3 N–H and O–H groups in total. The number of rotatable bonds is 6. The van der Waals surface area contributed by atoms with E-state index in [1.54, 1.807) is 0 Å². The van der Waals surface area contributed by atoms with Crippen LogP contribution in [0.5, 0.6) is 0 Å². The molecule has 0 aliphatic rings. The number of halogens is 2. The Morgan fingerprint density at radius 1 is 1.20 bits per heavy atom. The van der Waals surface area contributed by atoms with Gasteiger partial charge in [0.15, 0.2) is 0 Å². The third-order valence-electron chi connectivity index (χ3n) is 2.19. The fourth-order valence-electron chi connectivity index (χ4n) is 1.34. The van der Waals surface area contributed by atoms with E-state index in [1.165, 1.54) is 0 Å². The Bertz CT molecular complexity index is 265.